The van der Waals surface area contributed by atoms with Crippen molar-refractivity contribution in [3.63, 3.8) is 0 Å². The van der Waals surface area contributed by atoms with Crippen molar-refractivity contribution in [1.82, 2.24) is 10.2 Å². The van der Waals surface area contributed by atoms with E-state index in [4.69, 9.17) is 9.47 Å². The normalized spacial score (nSPS) is 16.6. The highest BCUT2D eigenvalue weighted by Gasteiger charge is 2.15. The molecule has 0 amide bonds. The van der Waals surface area contributed by atoms with Crippen LogP contribution in [0.4, 0.5) is 0 Å². The number of hydrogen-bond acceptors (Lipinski definition) is 6. The predicted octanol–water partition coefficient (Wildman–Crippen LogP) is 4.36. The zero-order valence-corrected chi connectivity index (χ0v) is 19.2. The van der Waals surface area contributed by atoms with Crippen LogP contribution in [0.1, 0.15) is 47.4 Å². The number of aliphatic hydroxyl groups excluding tert-OH is 1. The maximum atomic E-state index is 10.5. The van der Waals surface area contributed by atoms with Crippen LogP contribution < -0.4 is 14.8 Å². The molecule has 0 spiro atoms. The lowest BCUT2D eigenvalue weighted by molar-refractivity contribution is 0.0644. The summed E-state index contributed by atoms with van der Waals surface area (Å²) in [6.07, 6.45) is 5.89. The van der Waals surface area contributed by atoms with Gasteiger partial charge in [-0.1, -0.05) is 25.3 Å². The largest absolute Gasteiger partial charge is 0.493 e. The summed E-state index contributed by atoms with van der Waals surface area (Å²) in [5, 5.41) is 14.0. The first-order valence-corrected chi connectivity index (χ1v) is 11.9. The molecule has 1 aromatic carbocycles. The number of rotatable bonds is 10. The van der Waals surface area contributed by atoms with E-state index >= 15 is 0 Å². The molecular weight excluding hydrogens is 396 g/mol. The summed E-state index contributed by atoms with van der Waals surface area (Å²) in [5.41, 5.74) is 1.14. The Morgan fingerprint density at radius 2 is 1.80 bits per heavy atom. The molecule has 1 fully saturated rings. The number of aliphatic hydroxyl groups is 1. The van der Waals surface area contributed by atoms with E-state index in [-0.39, 0.29) is 6.61 Å². The molecule has 30 heavy (non-hydrogen) atoms. The number of thiophene rings is 1. The van der Waals surface area contributed by atoms with Gasteiger partial charge >= 0.3 is 0 Å². The van der Waals surface area contributed by atoms with Gasteiger partial charge in [-0.25, -0.2) is 0 Å². The summed E-state index contributed by atoms with van der Waals surface area (Å²) in [6, 6.07) is 10.3. The van der Waals surface area contributed by atoms with Crippen LogP contribution >= 0.6 is 11.3 Å². The van der Waals surface area contributed by atoms with E-state index in [0.717, 1.165) is 31.7 Å². The van der Waals surface area contributed by atoms with Gasteiger partial charge < -0.3 is 24.8 Å². The van der Waals surface area contributed by atoms with E-state index in [0.29, 0.717) is 18.0 Å². The van der Waals surface area contributed by atoms with E-state index < -0.39 is 6.10 Å². The minimum absolute atomic E-state index is 0.276. The predicted molar refractivity (Wildman–Crippen MR) is 124 cm³/mol. The van der Waals surface area contributed by atoms with Gasteiger partial charge in [-0.3, -0.25) is 0 Å². The van der Waals surface area contributed by atoms with Crippen molar-refractivity contribution in [2.45, 2.75) is 58.2 Å². The smallest absolute Gasteiger partial charge is 0.161 e. The number of aryl methyl sites for hydroxylation is 1. The van der Waals surface area contributed by atoms with E-state index in [1.54, 1.807) is 7.11 Å². The van der Waals surface area contributed by atoms with Gasteiger partial charge in [-0.15, -0.1) is 11.3 Å². The molecule has 0 bridgehead atoms. The SMILES string of the molecule is COc1ccc(CNCc2ccc(C)s2)cc1OCC(O)CN1CCCCCCC1. The maximum Gasteiger partial charge on any atom is 0.161 e. The summed E-state index contributed by atoms with van der Waals surface area (Å²) < 4.78 is 11.4. The molecule has 166 valence electrons. The lowest BCUT2D eigenvalue weighted by Crippen LogP contribution is -2.37. The average Bonchev–Trinajstić information content (AvgIpc) is 3.13. The molecule has 2 heterocycles. The van der Waals surface area contributed by atoms with Crippen LogP contribution in [0.15, 0.2) is 30.3 Å². The minimum atomic E-state index is -0.502. The Balaban J connectivity index is 1.48. The Labute approximate surface area is 185 Å². The Morgan fingerprint density at radius 1 is 1.03 bits per heavy atom. The topological polar surface area (TPSA) is 54.0 Å². The van der Waals surface area contributed by atoms with E-state index in [1.807, 2.05) is 23.5 Å². The van der Waals surface area contributed by atoms with Gasteiger partial charge in [0.2, 0.25) is 0 Å². The van der Waals surface area contributed by atoms with Gasteiger partial charge in [0.15, 0.2) is 11.5 Å². The summed E-state index contributed by atoms with van der Waals surface area (Å²) in [4.78, 5) is 5.04. The summed E-state index contributed by atoms with van der Waals surface area (Å²) in [7, 11) is 1.65. The molecule has 1 saturated heterocycles. The first-order chi connectivity index (χ1) is 14.6. The van der Waals surface area contributed by atoms with Gasteiger partial charge in [0.1, 0.15) is 12.7 Å². The average molecular weight is 433 g/mol. The molecule has 1 unspecified atom stereocenters. The van der Waals surface area contributed by atoms with Crippen molar-refractivity contribution < 1.29 is 14.6 Å². The summed E-state index contributed by atoms with van der Waals surface area (Å²) in [5.74, 6) is 1.39. The van der Waals surface area contributed by atoms with Crippen LogP contribution in [-0.4, -0.2) is 49.5 Å². The highest BCUT2D eigenvalue weighted by atomic mass is 32.1. The second-order valence-corrected chi connectivity index (χ2v) is 9.51. The number of hydrogen-bond donors (Lipinski definition) is 2. The third-order valence-corrected chi connectivity index (χ3v) is 6.50. The fourth-order valence-electron chi connectivity index (χ4n) is 3.89. The molecule has 0 saturated carbocycles. The second-order valence-electron chi connectivity index (χ2n) is 8.13. The van der Waals surface area contributed by atoms with Crippen molar-refractivity contribution in [2.24, 2.45) is 0 Å². The number of nitrogens with zero attached hydrogens (tertiary/aromatic N) is 1. The third-order valence-electron chi connectivity index (χ3n) is 5.50. The molecule has 2 aromatic rings. The standard InChI is InChI=1S/C24H36N2O3S/c1-19-8-10-22(30-19)16-25-15-20-9-11-23(28-2)24(14-20)29-18-21(27)17-26-12-6-4-3-5-7-13-26/h8-11,14,21,25,27H,3-7,12-13,15-18H2,1-2H3. The fourth-order valence-corrected chi connectivity index (χ4v) is 4.75. The van der Waals surface area contributed by atoms with Crippen LogP contribution in [0, 0.1) is 6.92 Å². The van der Waals surface area contributed by atoms with Crippen LogP contribution in [0.3, 0.4) is 0 Å². The van der Waals surface area contributed by atoms with Crippen molar-refractivity contribution in [2.75, 3.05) is 33.4 Å². The first-order valence-electron chi connectivity index (χ1n) is 11.1. The van der Waals surface area contributed by atoms with Gasteiger partial charge in [0.25, 0.3) is 0 Å². The van der Waals surface area contributed by atoms with Crippen LogP contribution in [0.25, 0.3) is 0 Å². The first kappa shape index (κ1) is 23.1. The molecule has 0 aliphatic carbocycles. The summed E-state index contributed by atoms with van der Waals surface area (Å²) >= 11 is 1.82. The van der Waals surface area contributed by atoms with Crippen molar-refractivity contribution in [1.29, 1.82) is 0 Å². The lowest BCUT2D eigenvalue weighted by Gasteiger charge is -2.26. The lowest BCUT2D eigenvalue weighted by atomic mass is 10.1. The Morgan fingerprint density at radius 3 is 2.50 bits per heavy atom. The molecule has 1 aliphatic rings. The van der Waals surface area contributed by atoms with Gasteiger partial charge in [0, 0.05) is 29.4 Å². The number of likely N-dealkylation sites (tertiary alicyclic amines) is 1. The molecule has 1 aromatic heterocycles. The highest BCUT2D eigenvalue weighted by molar-refractivity contribution is 7.11. The molecular formula is C24H36N2O3S. The van der Waals surface area contributed by atoms with Gasteiger partial charge in [-0.2, -0.15) is 0 Å². The summed E-state index contributed by atoms with van der Waals surface area (Å²) in [6.45, 7) is 6.84. The quantitative estimate of drug-likeness (QED) is 0.584. The zero-order chi connectivity index (χ0) is 21.2. The fraction of sp³-hybridized carbons (Fsp3) is 0.583. The number of benzene rings is 1. The third kappa shape index (κ3) is 7.58. The zero-order valence-electron chi connectivity index (χ0n) is 18.4. The Kier molecular flexibility index (Phi) is 9.46. The monoisotopic (exact) mass is 432 g/mol. The molecule has 5 nitrogen and oxygen atoms in total. The van der Waals surface area contributed by atoms with Crippen LogP contribution in [-0.2, 0) is 13.1 Å². The molecule has 2 N–H and O–H groups in total. The van der Waals surface area contributed by atoms with E-state index in [1.165, 1.54) is 41.9 Å². The molecule has 1 atom stereocenters. The number of nitrogens with one attached hydrogen (secondary N) is 1. The van der Waals surface area contributed by atoms with Crippen molar-refractivity contribution >= 4 is 11.3 Å². The van der Waals surface area contributed by atoms with Gasteiger partial charge in [-0.05, 0) is 62.7 Å². The molecule has 6 heteroatoms. The maximum absolute atomic E-state index is 10.5. The minimum Gasteiger partial charge on any atom is -0.493 e. The van der Waals surface area contributed by atoms with E-state index in [2.05, 4.69) is 35.3 Å². The molecule has 3 rings (SSSR count). The van der Waals surface area contributed by atoms with Crippen LogP contribution in [0.5, 0.6) is 11.5 Å². The number of ether oxygens (including phenoxy) is 2. The Hall–Kier alpha value is -1.60. The number of β-amino-alcohol motifs (C(OH)–C–C–N with tert-alkyl or cyclic N) is 1. The van der Waals surface area contributed by atoms with Gasteiger partial charge in [0.05, 0.1) is 7.11 Å². The van der Waals surface area contributed by atoms with Crippen molar-refractivity contribution in [3.8, 4) is 11.5 Å². The van der Waals surface area contributed by atoms with Crippen LogP contribution in [0.2, 0.25) is 0 Å². The highest BCUT2D eigenvalue weighted by Crippen LogP contribution is 2.28. The number of methoxy groups -OCH3 is 1. The van der Waals surface area contributed by atoms with E-state index in [9.17, 15) is 5.11 Å². The van der Waals surface area contributed by atoms with Crippen molar-refractivity contribution in [3.05, 3.63) is 45.6 Å². The second kappa shape index (κ2) is 12.3. The Bertz CT molecular complexity index is 757. The molecule has 1 aliphatic heterocycles. The molecule has 0 radical (unpaired) electrons.